The van der Waals surface area contributed by atoms with E-state index in [9.17, 15) is 9.59 Å². The van der Waals surface area contributed by atoms with Crippen LogP contribution in [0.1, 0.15) is 36.8 Å². The van der Waals surface area contributed by atoms with Crippen LogP contribution in [0.5, 0.6) is 0 Å². The van der Waals surface area contributed by atoms with Crippen LogP contribution in [0.3, 0.4) is 0 Å². The third-order valence-corrected chi connectivity index (χ3v) is 6.46. The van der Waals surface area contributed by atoms with Gasteiger partial charge >= 0.3 is 0 Å². The molecule has 6 nitrogen and oxygen atoms in total. The van der Waals surface area contributed by atoms with E-state index in [-0.39, 0.29) is 11.5 Å². The number of benzene rings is 2. The first-order valence-electron chi connectivity index (χ1n) is 11.4. The Kier molecular flexibility index (Phi) is 7.50. The average Bonchev–Trinajstić information content (AvgIpc) is 2.80. The van der Waals surface area contributed by atoms with Gasteiger partial charge in [-0.05, 0) is 54.7 Å². The predicted molar refractivity (Wildman–Crippen MR) is 130 cm³/mol. The maximum Gasteiger partial charge on any atom is 0.262 e. The van der Waals surface area contributed by atoms with Crippen molar-refractivity contribution >= 4 is 29.0 Å². The zero-order valence-electron chi connectivity index (χ0n) is 18.3. The number of carbonyl (C=O) groups excluding carboxylic acids is 1. The van der Waals surface area contributed by atoms with E-state index >= 15 is 0 Å². The van der Waals surface area contributed by atoms with Crippen molar-refractivity contribution in [3.63, 3.8) is 0 Å². The summed E-state index contributed by atoms with van der Waals surface area (Å²) in [6.07, 6.45) is 4.10. The fourth-order valence-corrected chi connectivity index (χ4v) is 4.61. The third-order valence-electron chi connectivity index (χ3n) is 6.13. The standard InChI is InChI=1S/C25H30N4O2S/c30-23(26-14-17-28-16-13-19-8-3-4-9-20(19)18-28)12-2-1-7-15-29-24(31)21-10-5-6-11-22(21)27-25(29)32/h3-6,8-11H,1-2,7,12-18H2,(H,26,30)(H,27,32). The zero-order chi connectivity index (χ0) is 22.3. The normalized spacial score (nSPS) is 13.8. The first kappa shape index (κ1) is 22.4. The molecule has 0 radical (unpaired) electrons. The minimum Gasteiger partial charge on any atom is -0.355 e. The Morgan fingerprint density at radius 3 is 2.66 bits per heavy atom. The van der Waals surface area contributed by atoms with E-state index < -0.39 is 0 Å². The first-order chi connectivity index (χ1) is 15.6. The van der Waals surface area contributed by atoms with Crippen molar-refractivity contribution in [1.29, 1.82) is 0 Å². The van der Waals surface area contributed by atoms with Crippen LogP contribution >= 0.6 is 12.2 Å². The highest BCUT2D eigenvalue weighted by atomic mass is 32.1. The van der Waals surface area contributed by atoms with Crippen LogP contribution in [0, 0.1) is 4.77 Å². The fraction of sp³-hybridized carbons (Fsp3) is 0.400. The van der Waals surface area contributed by atoms with Crippen molar-refractivity contribution in [2.45, 2.75) is 45.2 Å². The maximum atomic E-state index is 12.6. The van der Waals surface area contributed by atoms with Gasteiger partial charge in [-0.1, -0.05) is 42.8 Å². The van der Waals surface area contributed by atoms with Gasteiger partial charge in [0.1, 0.15) is 0 Å². The molecule has 1 aromatic heterocycles. The summed E-state index contributed by atoms with van der Waals surface area (Å²) in [4.78, 5) is 30.3. The molecule has 1 amide bonds. The molecule has 0 unspecified atom stereocenters. The van der Waals surface area contributed by atoms with Crippen molar-refractivity contribution in [3.8, 4) is 0 Å². The smallest absolute Gasteiger partial charge is 0.262 e. The van der Waals surface area contributed by atoms with Crippen LogP contribution in [0.15, 0.2) is 53.3 Å². The van der Waals surface area contributed by atoms with Gasteiger partial charge in [0.15, 0.2) is 4.77 Å². The summed E-state index contributed by atoms with van der Waals surface area (Å²) in [6, 6.07) is 16.0. The molecule has 3 aromatic rings. The van der Waals surface area contributed by atoms with Crippen LogP contribution in [-0.2, 0) is 24.3 Å². The molecule has 4 rings (SSSR count). The van der Waals surface area contributed by atoms with E-state index in [2.05, 4.69) is 39.5 Å². The first-order valence-corrected chi connectivity index (χ1v) is 11.8. The van der Waals surface area contributed by atoms with Crippen molar-refractivity contribution < 1.29 is 4.79 Å². The van der Waals surface area contributed by atoms with E-state index in [4.69, 9.17) is 12.2 Å². The topological polar surface area (TPSA) is 70.1 Å². The summed E-state index contributed by atoms with van der Waals surface area (Å²) in [5.41, 5.74) is 3.56. The molecule has 0 fully saturated rings. The number of hydrogen-bond donors (Lipinski definition) is 2. The van der Waals surface area contributed by atoms with Crippen LogP contribution in [0.2, 0.25) is 0 Å². The van der Waals surface area contributed by atoms with E-state index in [1.807, 2.05) is 24.3 Å². The lowest BCUT2D eigenvalue weighted by atomic mass is 10.00. The van der Waals surface area contributed by atoms with E-state index in [1.165, 1.54) is 11.1 Å². The molecule has 7 heteroatoms. The molecule has 0 saturated carbocycles. The summed E-state index contributed by atoms with van der Waals surface area (Å²) >= 11 is 5.35. The number of H-pyrrole nitrogens is 1. The maximum absolute atomic E-state index is 12.6. The van der Waals surface area contributed by atoms with E-state index in [1.54, 1.807) is 4.57 Å². The second kappa shape index (κ2) is 10.7. The average molecular weight is 451 g/mol. The molecule has 0 bridgehead atoms. The number of nitrogens with zero attached hydrogens (tertiary/aromatic N) is 2. The highest BCUT2D eigenvalue weighted by Crippen LogP contribution is 2.17. The molecule has 32 heavy (non-hydrogen) atoms. The summed E-state index contributed by atoms with van der Waals surface area (Å²) in [5, 5.41) is 3.69. The minimum atomic E-state index is -0.0533. The molecule has 0 saturated heterocycles. The molecule has 1 aliphatic rings. The van der Waals surface area contributed by atoms with Gasteiger partial charge in [-0.2, -0.15) is 0 Å². The molecule has 0 spiro atoms. The number of carbonyl (C=O) groups is 1. The fourth-order valence-electron chi connectivity index (χ4n) is 4.32. The van der Waals surface area contributed by atoms with Crippen LogP contribution in [0.25, 0.3) is 10.9 Å². The third kappa shape index (κ3) is 5.53. The van der Waals surface area contributed by atoms with Gasteiger partial charge < -0.3 is 10.3 Å². The predicted octanol–water partition coefficient (Wildman–Crippen LogP) is 3.79. The molecule has 2 N–H and O–H groups in total. The van der Waals surface area contributed by atoms with Gasteiger partial charge in [-0.25, -0.2) is 0 Å². The van der Waals surface area contributed by atoms with Crippen LogP contribution in [-0.4, -0.2) is 40.0 Å². The molecular weight excluding hydrogens is 420 g/mol. The Balaban J connectivity index is 1.14. The van der Waals surface area contributed by atoms with Crippen molar-refractivity contribution in [2.24, 2.45) is 0 Å². The van der Waals surface area contributed by atoms with E-state index in [0.717, 1.165) is 50.8 Å². The number of unbranched alkanes of at least 4 members (excludes halogenated alkanes) is 2. The van der Waals surface area contributed by atoms with Crippen molar-refractivity contribution in [1.82, 2.24) is 19.8 Å². The quantitative estimate of drug-likeness (QED) is 0.384. The van der Waals surface area contributed by atoms with Gasteiger partial charge in [-0.15, -0.1) is 0 Å². The number of amides is 1. The lowest BCUT2D eigenvalue weighted by Gasteiger charge is -2.28. The number of hydrogen-bond acceptors (Lipinski definition) is 4. The van der Waals surface area contributed by atoms with Gasteiger partial charge in [0.2, 0.25) is 5.91 Å². The monoisotopic (exact) mass is 450 g/mol. The largest absolute Gasteiger partial charge is 0.355 e. The lowest BCUT2D eigenvalue weighted by molar-refractivity contribution is -0.121. The van der Waals surface area contributed by atoms with Crippen molar-refractivity contribution in [3.05, 3.63) is 74.8 Å². The number of nitrogens with one attached hydrogen (secondary N) is 2. The molecule has 2 aromatic carbocycles. The minimum absolute atomic E-state index is 0.0533. The Morgan fingerprint density at radius 2 is 1.78 bits per heavy atom. The molecule has 1 aliphatic heterocycles. The molecule has 2 heterocycles. The highest BCUT2D eigenvalue weighted by molar-refractivity contribution is 7.71. The second-order valence-electron chi connectivity index (χ2n) is 8.39. The SMILES string of the molecule is O=C(CCCCCn1c(=S)[nH]c2ccccc2c1=O)NCCN1CCc2ccccc2C1. The molecular formula is C25H30N4O2S. The Bertz CT molecular complexity index is 1200. The summed E-state index contributed by atoms with van der Waals surface area (Å²) in [6.45, 7) is 4.13. The van der Waals surface area contributed by atoms with Gasteiger partial charge in [-0.3, -0.25) is 19.1 Å². The van der Waals surface area contributed by atoms with Gasteiger partial charge in [0, 0.05) is 39.1 Å². The second-order valence-corrected chi connectivity index (χ2v) is 8.77. The highest BCUT2D eigenvalue weighted by Gasteiger charge is 2.15. The molecule has 0 aliphatic carbocycles. The van der Waals surface area contributed by atoms with Crippen LogP contribution < -0.4 is 10.9 Å². The Morgan fingerprint density at radius 1 is 1.00 bits per heavy atom. The summed E-state index contributed by atoms with van der Waals surface area (Å²) < 4.78 is 2.07. The zero-order valence-corrected chi connectivity index (χ0v) is 19.1. The number of aromatic amines is 1. The number of aromatic nitrogens is 2. The molecule has 168 valence electrons. The Hall–Kier alpha value is -2.77. The number of para-hydroxylation sites is 1. The number of rotatable bonds is 9. The summed E-state index contributed by atoms with van der Waals surface area (Å²) in [7, 11) is 0. The molecule has 0 atom stereocenters. The lowest BCUT2D eigenvalue weighted by Crippen LogP contribution is -2.37. The van der Waals surface area contributed by atoms with Crippen LogP contribution in [0.4, 0.5) is 0 Å². The van der Waals surface area contributed by atoms with E-state index in [0.29, 0.717) is 29.7 Å². The van der Waals surface area contributed by atoms with Gasteiger partial charge in [0.25, 0.3) is 5.56 Å². The van der Waals surface area contributed by atoms with Gasteiger partial charge in [0.05, 0.1) is 10.9 Å². The van der Waals surface area contributed by atoms with Crippen molar-refractivity contribution in [2.75, 3.05) is 19.6 Å². The Labute approximate surface area is 193 Å². The number of fused-ring (bicyclic) bond motifs is 2. The summed E-state index contributed by atoms with van der Waals surface area (Å²) in [5.74, 6) is 0.0996.